The lowest BCUT2D eigenvalue weighted by Gasteiger charge is -2.35. The highest BCUT2D eigenvalue weighted by Gasteiger charge is 2.38. The number of nitrogens with one attached hydrogen (secondary N) is 1. The molecule has 0 bridgehead atoms. The normalized spacial score (nSPS) is 24.8. The molecule has 0 aliphatic carbocycles. The lowest BCUT2D eigenvalue weighted by Crippen LogP contribution is -2.43. The van der Waals surface area contributed by atoms with Crippen molar-refractivity contribution < 1.29 is 23.0 Å². The first-order valence-corrected chi connectivity index (χ1v) is 9.35. The number of nitrogens with zero attached hydrogens (tertiary/aromatic N) is 1. The topological polar surface area (TPSA) is 50.8 Å². The van der Waals surface area contributed by atoms with E-state index in [2.05, 4.69) is 27.1 Å². The van der Waals surface area contributed by atoms with Gasteiger partial charge in [0, 0.05) is 30.7 Å². The molecule has 4 rings (SSSR count). The SMILES string of the molecule is O=C(N[C@H]1C[C@H]2CO[C@@H](c3ccccc3)CN2C1)c1ccc(OC(F)F)cc1. The summed E-state index contributed by atoms with van der Waals surface area (Å²) >= 11 is 0. The minimum absolute atomic E-state index is 0.0348. The van der Waals surface area contributed by atoms with E-state index in [9.17, 15) is 13.6 Å². The molecule has 28 heavy (non-hydrogen) atoms. The summed E-state index contributed by atoms with van der Waals surface area (Å²) in [6, 6.07) is 16.2. The molecule has 2 aliphatic heterocycles. The second-order valence-electron chi connectivity index (χ2n) is 7.15. The van der Waals surface area contributed by atoms with Crippen molar-refractivity contribution in [2.45, 2.75) is 31.2 Å². The van der Waals surface area contributed by atoms with Crippen LogP contribution in [0.4, 0.5) is 8.78 Å². The number of ether oxygens (including phenoxy) is 2. The van der Waals surface area contributed by atoms with Crippen molar-refractivity contribution in [3.05, 3.63) is 65.7 Å². The molecule has 0 unspecified atom stereocenters. The Labute approximate surface area is 162 Å². The molecule has 7 heteroatoms. The Kier molecular flexibility index (Phi) is 5.54. The molecule has 2 heterocycles. The van der Waals surface area contributed by atoms with Crippen molar-refractivity contribution >= 4 is 5.91 Å². The minimum atomic E-state index is -2.88. The van der Waals surface area contributed by atoms with Gasteiger partial charge in [0.1, 0.15) is 5.75 Å². The quantitative estimate of drug-likeness (QED) is 0.855. The molecule has 0 spiro atoms. The molecule has 5 nitrogen and oxygen atoms in total. The maximum absolute atomic E-state index is 12.5. The molecule has 3 atom stereocenters. The smallest absolute Gasteiger partial charge is 0.387 e. The van der Waals surface area contributed by atoms with Crippen LogP contribution in [0.1, 0.15) is 28.4 Å². The van der Waals surface area contributed by atoms with Gasteiger partial charge in [-0.3, -0.25) is 9.69 Å². The van der Waals surface area contributed by atoms with Crippen molar-refractivity contribution in [1.82, 2.24) is 10.2 Å². The molecule has 0 saturated carbocycles. The molecular formula is C21H22F2N2O3. The average molecular weight is 388 g/mol. The highest BCUT2D eigenvalue weighted by atomic mass is 19.3. The highest BCUT2D eigenvalue weighted by molar-refractivity contribution is 5.94. The molecule has 1 amide bonds. The maximum atomic E-state index is 12.5. The van der Waals surface area contributed by atoms with Gasteiger partial charge in [0.05, 0.1) is 12.7 Å². The number of alkyl halides is 2. The summed E-state index contributed by atoms with van der Waals surface area (Å²) in [5.41, 5.74) is 1.59. The van der Waals surface area contributed by atoms with E-state index in [0.29, 0.717) is 18.2 Å². The zero-order valence-electron chi connectivity index (χ0n) is 15.3. The fourth-order valence-electron chi connectivity index (χ4n) is 3.90. The predicted octanol–water partition coefficient (Wildman–Crippen LogP) is 3.23. The van der Waals surface area contributed by atoms with Gasteiger partial charge in [-0.1, -0.05) is 30.3 Å². The Balaban J connectivity index is 1.32. The van der Waals surface area contributed by atoms with E-state index in [1.165, 1.54) is 29.8 Å². The average Bonchev–Trinajstić information content (AvgIpc) is 3.10. The Hall–Kier alpha value is -2.51. The van der Waals surface area contributed by atoms with Crippen LogP contribution in [0.3, 0.4) is 0 Å². The molecule has 1 N–H and O–H groups in total. The summed E-state index contributed by atoms with van der Waals surface area (Å²) in [4.78, 5) is 14.8. The lowest BCUT2D eigenvalue weighted by atomic mass is 10.1. The predicted molar refractivity (Wildman–Crippen MR) is 99.4 cm³/mol. The Morgan fingerprint density at radius 2 is 1.86 bits per heavy atom. The molecule has 0 aromatic heterocycles. The van der Waals surface area contributed by atoms with Gasteiger partial charge in [-0.2, -0.15) is 8.78 Å². The summed E-state index contributed by atoms with van der Waals surface area (Å²) in [7, 11) is 0. The van der Waals surface area contributed by atoms with E-state index < -0.39 is 6.61 Å². The van der Waals surface area contributed by atoms with Crippen LogP contribution < -0.4 is 10.1 Å². The first-order chi connectivity index (χ1) is 13.6. The van der Waals surface area contributed by atoms with Crippen LogP contribution >= 0.6 is 0 Å². The van der Waals surface area contributed by atoms with E-state index in [0.717, 1.165) is 19.5 Å². The first kappa shape index (κ1) is 18.8. The first-order valence-electron chi connectivity index (χ1n) is 9.35. The lowest BCUT2D eigenvalue weighted by molar-refractivity contribution is -0.0502. The molecule has 2 saturated heterocycles. The molecule has 2 fully saturated rings. The van der Waals surface area contributed by atoms with Crippen LogP contribution in [0.2, 0.25) is 0 Å². The summed E-state index contributed by atoms with van der Waals surface area (Å²) in [6.45, 7) is -0.653. The molecular weight excluding hydrogens is 366 g/mol. The van der Waals surface area contributed by atoms with E-state index in [1.807, 2.05) is 18.2 Å². The van der Waals surface area contributed by atoms with Gasteiger partial charge < -0.3 is 14.8 Å². The molecule has 2 aliphatic rings. The van der Waals surface area contributed by atoms with E-state index in [4.69, 9.17) is 4.74 Å². The Bertz CT molecular complexity index is 801. The fourth-order valence-corrected chi connectivity index (χ4v) is 3.90. The van der Waals surface area contributed by atoms with Crippen LogP contribution in [0.5, 0.6) is 5.75 Å². The van der Waals surface area contributed by atoms with Gasteiger partial charge in [-0.25, -0.2) is 0 Å². The number of halogens is 2. The number of amides is 1. The van der Waals surface area contributed by atoms with Crippen molar-refractivity contribution in [2.24, 2.45) is 0 Å². The van der Waals surface area contributed by atoms with Gasteiger partial charge in [-0.05, 0) is 36.2 Å². The van der Waals surface area contributed by atoms with Gasteiger partial charge in [0.15, 0.2) is 0 Å². The van der Waals surface area contributed by atoms with Gasteiger partial charge in [-0.15, -0.1) is 0 Å². The summed E-state index contributed by atoms with van der Waals surface area (Å²) in [6.07, 6.45) is 0.883. The third-order valence-electron chi connectivity index (χ3n) is 5.27. The summed E-state index contributed by atoms with van der Waals surface area (Å²) in [5.74, 6) is -0.178. The van der Waals surface area contributed by atoms with E-state index in [-0.39, 0.29) is 23.8 Å². The zero-order valence-corrected chi connectivity index (χ0v) is 15.3. The molecule has 2 aromatic rings. The van der Waals surface area contributed by atoms with Crippen LogP contribution in [0.15, 0.2) is 54.6 Å². The minimum Gasteiger partial charge on any atom is -0.435 e. The number of carbonyl (C=O) groups is 1. The van der Waals surface area contributed by atoms with Crippen molar-refractivity contribution in [1.29, 1.82) is 0 Å². The monoisotopic (exact) mass is 388 g/mol. The highest BCUT2D eigenvalue weighted by Crippen LogP contribution is 2.30. The number of hydrogen-bond acceptors (Lipinski definition) is 4. The molecule has 0 radical (unpaired) electrons. The number of rotatable bonds is 5. The largest absolute Gasteiger partial charge is 0.435 e. The van der Waals surface area contributed by atoms with Crippen molar-refractivity contribution in [3.63, 3.8) is 0 Å². The maximum Gasteiger partial charge on any atom is 0.387 e. The number of morpholine rings is 1. The van der Waals surface area contributed by atoms with Gasteiger partial charge >= 0.3 is 6.61 Å². The fraction of sp³-hybridized carbons (Fsp3) is 0.381. The number of carbonyl (C=O) groups excluding carboxylic acids is 1. The third-order valence-corrected chi connectivity index (χ3v) is 5.27. The molecule has 2 aromatic carbocycles. The second kappa shape index (κ2) is 8.24. The zero-order chi connectivity index (χ0) is 19.5. The van der Waals surface area contributed by atoms with Crippen LogP contribution in [0.25, 0.3) is 0 Å². The molecule has 148 valence electrons. The van der Waals surface area contributed by atoms with Crippen LogP contribution in [0, 0.1) is 0 Å². The summed E-state index contributed by atoms with van der Waals surface area (Å²) in [5, 5.41) is 3.04. The van der Waals surface area contributed by atoms with Crippen LogP contribution in [-0.2, 0) is 4.74 Å². The van der Waals surface area contributed by atoms with Crippen molar-refractivity contribution in [2.75, 3.05) is 19.7 Å². The Morgan fingerprint density at radius 3 is 2.57 bits per heavy atom. The standard InChI is InChI=1S/C21H22F2N2O3/c22-21(23)28-18-8-6-15(7-9-18)20(26)24-16-10-17-13-27-19(12-25(17)11-16)14-4-2-1-3-5-14/h1-9,16-17,19,21H,10-13H2,(H,24,26)/t16-,17-,19+/m0/s1. The van der Waals surface area contributed by atoms with Crippen LogP contribution in [-0.4, -0.2) is 49.2 Å². The second-order valence-corrected chi connectivity index (χ2v) is 7.15. The van der Waals surface area contributed by atoms with Gasteiger partial charge in [0.25, 0.3) is 5.91 Å². The summed E-state index contributed by atoms with van der Waals surface area (Å²) < 4.78 is 34.8. The van der Waals surface area contributed by atoms with E-state index in [1.54, 1.807) is 0 Å². The van der Waals surface area contributed by atoms with Gasteiger partial charge in [0.2, 0.25) is 0 Å². The number of benzene rings is 2. The number of fused-ring (bicyclic) bond motifs is 1. The third kappa shape index (κ3) is 4.31. The van der Waals surface area contributed by atoms with Crippen molar-refractivity contribution in [3.8, 4) is 5.75 Å². The number of hydrogen-bond donors (Lipinski definition) is 1. The van der Waals surface area contributed by atoms with E-state index >= 15 is 0 Å². The Morgan fingerprint density at radius 1 is 1.11 bits per heavy atom.